The van der Waals surface area contributed by atoms with Crippen LogP contribution >= 0.6 is 21.6 Å². The van der Waals surface area contributed by atoms with Crippen molar-refractivity contribution < 1.29 is 49.7 Å². The number of benzene rings is 4. The third-order valence-corrected chi connectivity index (χ3v) is 18.0. The van der Waals surface area contributed by atoms with Gasteiger partial charge in [0.1, 0.15) is 23.5 Å². The molecule has 4 aromatic carbocycles. The van der Waals surface area contributed by atoms with Gasteiger partial charge in [-0.15, -0.1) is 0 Å². The number of hydrogen-bond acceptors (Lipinski definition) is 14. The van der Waals surface area contributed by atoms with E-state index in [1.807, 2.05) is 24.3 Å². The van der Waals surface area contributed by atoms with Crippen molar-refractivity contribution in [3.05, 3.63) is 94.1 Å². The highest BCUT2D eigenvalue weighted by molar-refractivity contribution is 8.76. The molecule has 358 valence electrons. The summed E-state index contributed by atoms with van der Waals surface area (Å²) in [6.45, 7) is 1.37. The minimum atomic E-state index is -0.759. The Kier molecular flexibility index (Phi) is 14.9. The standard InChI is InChI=1S/C53H64N2O10S2/c1-28(59)24-54-51-34(25-57)21-42-50-41(51)20-31-5-6-33(47(50)43(31)26-58)18-35(4-3-17-56)55-53(42)65-45-23-37(61)13-8-30-10-15-44(63)52(64-2)48(30)39-14-9-29-7-12-36(60)22-40(29)49(39)46-16-11-32(45)19-38(62)27-66-67-46/h5-7,9-10,12,14-15,21-22,31-33,35,38,43,45-47,53-58,60,62-63H,3-4,8,11,13,16-20,23-27H2,1-2H3. The highest BCUT2D eigenvalue weighted by atomic mass is 33.1. The van der Waals surface area contributed by atoms with E-state index in [9.17, 15) is 40.2 Å². The predicted octanol–water partition coefficient (Wildman–Crippen LogP) is 8.18. The second-order valence-corrected chi connectivity index (χ2v) is 22.0. The molecule has 3 aliphatic carbocycles. The first-order valence-electron chi connectivity index (χ1n) is 24.0. The molecule has 2 heterocycles. The maximum atomic E-state index is 14.7. The first-order chi connectivity index (χ1) is 32.5. The zero-order valence-corrected chi connectivity index (χ0v) is 39.9. The molecule has 9 rings (SSSR count). The number of phenols is 2. The van der Waals surface area contributed by atoms with Crippen LogP contribution in [0.1, 0.15) is 109 Å². The van der Waals surface area contributed by atoms with Crippen molar-refractivity contribution in [3.63, 3.8) is 0 Å². The largest absolute Gasteiger partial charge is 0.508 e. The Morgan fingerprint density at radius 3 is 2.55 bits per heavy atom. The summed E-state index contributed by atoms with van der Waals surface area (Å²) >= 11 is 0. The Labute approximate surface area is 400 Å². The number of carbonyl (C=O) groups excluding carboxylic acids is 2. The number of phenolic OH excluding ortho intramolecular Hbond substituents is 2. The number of Topliss-reactive ketones (excluding diaryl/α,β-unsaturated/α-hetero) is 2. The number of hydrogen-bond donors (Lipinski definition) is 8. The minimum absolute atomic E-state index is 0.00575. The third-order valence-electron chi connectivity index (χ3n) is 15.1. The van der Waals surface area contributed by atoms with E-state index in [1.165, 1.54) is 14.0 Å². The number of aromatic hydroxyl groups is 2. The van der Waals surface area contributed by atoms with Gasteiger partial charge < -0.3 is 45.4 Å². The number of ether oxygens (including phenoxy) is 2. The second kappa shape index (κ2) is 20.9. The van der Waals surface area contributed by atoms with Gasteiger partial charge in [-0.05, 0) is 156 Å². The lowest BCUT2D eigenvalue weighted by Crippen LogP contribution is -2.47. The smallest absolute Gasteiger partial charge is 0.168 e. The SMILES string of the molecule is COc1c(O)ccc2c1-c1ccc3ccc(O)cc3c1C1CCC(CC(O)CSS1)C(OC1NC(CCCO)CC3C=CC4Cc5c(NCC(C)=O)c(CO)cc1c5C3C4CO)CC(=O)CC2. The molecule has 67 heavy (non-hydrogen) atoms. The van der Waals surface area contributed by atoms with Gasteiger partial charge in [0.15, 0.2) is 11.5 Å². The van der Waals surface area contributed by atoms with Gasteiger partial charge in [-0.1, -0.05) is 58.0 Å². The molecule has 4 bridgehead atoms. The monoisotopic (exact) mass is 952 g/mol. The Balaban J connectivity index is 1.19. The molecule has 4 aromatic rings. The molecule has 0 saturated carbocycles. The van der Waals surface area contributed by atoms with Gasteiger partial charge in [0.05, 0.1) is 32.5 Å². The summed E-state index contributed by atoms with van der Waals surface area (Å²) in [5, 5.41) is 75.1. The summed E-state index contributed by atoms with van der Waals surface area (Å²) in [5.74, 6) is 0.556. The van der Waals surface area contributed by atoms with Crippen LogP contribution in [0.15, 0.2) is 60.7 Å². The van der Waals surface area contributed by atoms with Crippen molar-refractivity contribution in [2.75, 3.05) is 37.9 Å². The first kappa shape index (κ1) is 47.9. The predicted molar refractivity (Wildman–Crippen MR) is 263 cm³/mol. The second-order valence-electron chi connectivity index (χ2n) is 19.3. The Hall–Kier alpha value is -4.12. The fourth-order valence-corrected chi connectivity index (χ4v) is 15.0. The van der Waals surface area contributed by atoms with Crippen molar-refractivity contribution in [1.29, 1.82) is 0 Å². The highest BCUT2D eigenvalue weighted by Gasteiger charge is 2.47. The molecule has 0 spiro atoms. The molecule has 12 nitrogen and oxygen atoms in total. The van der Waals surface area contributed by atoms with E-state index in [-0.39, 0.29) is 103 Å². The van der Waals surface area contributed by atoms with Gasteiger partial charge in [0.25, 0.3) is 0 Å². The summed E-state index contributed by atoms with van der Waals surface area (Å²) < 4.78 is 13.5. The summed E-state index contributed by atoms with van der Waals surface area (Å²) in [5.41, 5.74) is 7.68. The van der Waals surface area contributed by atoms with Crippen LogP contribution in [0.4, 0.5) is 5.69 Å². The van der Waals surface area contributed by atoms with Gasteiger partial charge in [-0.3, -0.25) is 14.9 Å². The molecular weight excluding hydrogens is 889 g/mol. The number of ketones is 2. The molecule has 10 atom stereocenters. The van der Waals surface area contributed by atoms with E-state index in [0.29, 0.717) is 67.6 Å². The zero-order valence-electron chi connectivity index (χ0n) is 38.3. The quantitative estimate of drug-likeness (QED) is 0.0529. The van der Waals surface area contributed by atoms with Crippen molar-refractivity contribution in [2.24, 2.45) is 23.7 Å². The van der Waals surface area contributed by atoms with E-state index >= 15 is 0 Å². The van der Waals surface area contributed by atoms with Gasteiger partial charge in [0.2, 0.25) is 0 Å². The third kappa shape index (κ3) is 9.75. The van der Waals surface area contributed by atoms with Crippen LogP contribution < -0.4 is 15.4 Å². The number of anilines is 1. The molecule has 0 amide bonds. The lowest BCUT2D eigenvalue weighted by atomic mass is 9.58. The molecule has 1 saturated heterocycles. The van der Waals surface area contributed by atoms with Gasteiger partial charge >= 0.3 is 0 Å². The number of aliphatic hydroxyl groups is 4. The van der Waals surface area contributed by atoms with Gasteiger partial charge in [-0.2, -0.15) is 0 Å². The fourth-order valence-electron chi connectivity index (χ4n) is 12.1. The van der Waals surface area contributed by atoms with Crippen LogP contribution in [0.2, 0.25) is 0 Å². The number of aryl methyl sites for hydroxylation is 1. The zero-order chi connectivity index (χ0) is 46.9. The van der Waals surface area contributed by atoms with Gasteiger partial charge in [0, 0.05) is 59.9 Å². The number of aliphatic hydroxyl groups excluding tert-OH is 4. The van der Waals surface area contributed by atoms with Crippen molar-refractivity contribution >= 4 is 49.6 Å². The van der Waals surface area contributed by atoms with Crippen LogP contribution in [0.25, 0.3) is 21.9 Å². The summed E-state index contributed by atoms with van der Waals surface area (Å²) in [7, 11) is 4.83. The van der Waals surface area contributed by atoms with E-state index in [2.05, 4.69) is 28.9 Å². The lowest BCUT2D eigenvalue weighted by Gasteiger charge is -2.49. The van der Waals surface area contributed by atoms with E-state index in [4.69, 9.17) is 9.47 Å². The number of rotatable bonds is 11. The van der Waals surface area contributed by atoms with E-state index in [1.54, 1.807) is 39.8 Å². The molecular formula is C53H64N2O10S2. The molecule has 0 radical (unpaired) electrons. The average molecular weight is 953 g/mol. The summed E-state index contributed by atoms with van der Waals surface area (Å²) in [6.07, 6.45) is 7.27. The van der Waals surface area contributed by atoms with Crippen molar-refractivity contribution in [1.82, 2.24) is 5.32 Å². The van der Waals surface area contributed by atoms with Gasteiger partial charge in [-0.25, -0.2) is 0 Å². The normalized spacial score (nSPS) is 28.3. The molecule has 5 aliphatic rings. The lowest BCUT2D eigenvalue weighted by molar-refractivity contribution is -0.128. The fraction of sp³-hybridized carbons (Fsp3) is 0.509. The Morgan fingerprint density at radius 2 is 1.78 bits per heavy atom. The average Bonchev–Trinajstić information content (AvgIpc) is 3.40. The van der Waals surface area contributed by atoms with E-state index < -0.39 is 18.4 Å². The van der Waals surface area contributed by atoms with Crippen LogP contribution in [-0.4, -0.2) is 93.1 Å². The molecule has 10 unspecified atom stereocenters. The maximum Gasteiger partial charge on any atom is 0.168 e. The van der Waals surface area contributed by atoms with Crippen LogP contribution in [-0.2, 0) is 33.8 Å². The topological polar surface area (TPSA) is 198 Å². The molecule has 8 N–H and O–H groups in total. The number of nitrogens with one attached hydrogen (secondary N) is 2. The first-order valence-corrected chi connectivity index (χ1v) is 26.3. The summed E-state index contributed by atoms with van der Waals surface area (Å²) in [6, 6.07) is 14.8. The number of fused-ring (bicyclic) bond motifs is 10. The number of methoxy groups -OCH3 is 1. The molecule has 1 fully saturated rings. The molecule has 0 aromatic heterocycles. The van der Waals surface area contributed by atoms with Crippen LogP contribution in [0.3, 0.4) is 0 Å². The van der Waals surface area contributed by atoms with Crippen molar-refractivity contribution in [3.8, 4) is 28.4 Å². The molecule has 2 aliphatic heterocycles. The minimum Gasteiger partial charge on any atom is -0.508 e. The number of allylic oxidation sites excluding steroid dienone is 2. The highest BCUT2D eigenvalue weighted by Crippen LogP contribution is 2.56. The van der Waals surface area contributed by atoms with Crippen LogP contribution in [0, 0.1) is 23.7 Å². The van der Waals surface area contributed by atoms with Crippen LogP contribution in [0.5, 0.6) is 17.2 Å². The maximum absolute atomic E-state index is 14.7. The Morgan fingerprint density at radius 1 is 0.955 bits per heavy atom. The van der Waals surface area contributed by atoms with E-state index in [0.717, 1.165) is 56.3 Å². The number of carbonyl (C=O) groups is 2. The van der Waals surface area contributed by atoms with Crippen molar-refractivity contribution in [2.45, 2.75) is 113 Å². The summed E-state index contributed by atoms with van der Waals surface area (Å²) in [4.78, 5) is 27.1. The molecule has 14 heteroatoms. The Bertz CT molecular complexity index is 2520.